The third-order valence-corrected chi connectivity index (χ3v) is 4.44. The van der Waals surface area contributed by atoms with Crippen molar-refractivity contribution in [3.8, 4) is 0 Å². The molecule has 1 saturated carbocycles. The van der Waals surface area contributed by atoms with Crippen molar-refractivity contribution in [3.63, 3.8) is 0 Å². The van der Waals surface area contributed by atoms with Crippen LogP contribution in [0.15, 0.2) is 0 Å². The van der Waals surface area contributed by atoms with E-state index in [0.717, 1.165) is 25.7 Å². The fourth-order valence-electron chi connectivity index (χ4n) is 3.06. The number of carbonyl (C=O) groups is 3. The van der Waals surface area contributed by atoms with Crippen molar-refractivity contribution in [1.82, 2.24) is 15.8 Å². The highest BCUT2D eigenvalue weighted by Gasteiger charge is 2.32. The topological polar surface area (TPSA) is 114 Å². The van der Waals surface area contributed by atoms with Gasteiger partial charge in [0.2, 0.25) is 5.91 Å². The number of likely N-dealkylation sites (N-methyl/N-ethyl adjacent to an activating group) is 1. The summed E-state index contributed by atoms with van der Waals surface area (Å²) in [5.41, 5.74) is 9.73. The summed E-state index contributed by atoms with van der Waals surface area (Å²) in [7, 11) is 1.59. The molecule has 0 heterocycles. The Morgan fingerprint density at radius 3 is 2.35 bits per heavy atom. The fourth-order valence-corrected chi connectivity index (χ4v) is 3.06. The molecule has 1 rings (SSSR count). The summed E-state index contributed by atoms with van der Waals surface area (Å²) >= 11 is 0. The van der Waals surface area contributed by atoms with Gasteiger partial charge in [-0.05, 0) is 33.1 Å². The molecule has 0 aromatic carbocycles. The van der Waals surface area contributed by atoms with Crippen molar-refractivity contribution in [2.24, 2.45) is 11.7 Å². The van der Waals surface area contributed by atoms with Crippen molar-refractivity contribution >= 4 is 17.9 Å². The van der Waals surface area contributed by atoms with Gasteiger partial charge in [0.1, 0.15) is 11.6 Å². The van der Waals surface area contributed by atoms with Crippen LogP contribution in [0, 0.1) is 5.92 Å². The van der Waals surface area contributed by atoms with Crippen LogP contribution in [0.1, 0.15) is 65.7 Å². The Hall–Kier alpha value is -1.83. The van der Waals surface area contributed by atoms with Crippen LogP contribution in [-0.2, 0) is 14.3 Å². The number of ether oxygens (including phenoxy) is 1. The summed E-state index contributed by atoms with van der Waals surface area (Å²) in [6, 6.07) is -0.631. The largest absolute Gasteiger partial charge is 0.444 e. The lowest BCUT2D eigenvalue weighted by Crippen LogP contribution is -2.53. The first-order valence-corrected chi connectivity index (χ1v) is 9.37. The minimum Gasteiger partial charge on any atom is -0.444 e. The van der Waals surface area contributed by atoms with Gasteiger partial charge in [-0.1, -0.05) is 32.1 Å². The normalized spacial score (nSPS) is 16.6. The first-order valence-electron chi connectivity index (χ1n) is 9.37. The van der Waals surface area contributed by atoms with Gasteiger partial charge in [-0.3, -0.25) is 19.9 Å². The van der Waals surface area contributed by atoms with E-state index in [1.165, 1.54) is 11.3 Å². The second-order valence-electron chi connectivity index (χ2n) is 7.98. The van der Waals surface area contributed by atoms with Gasteiger partial charge in [-0.15, -0.1) is 0 Å². The standard InChI is InChI=1S/C18H34N4O4/c1-18(2,3)26-17(25)22(4)14(12-13-8-6-5-7-9-13)16(24)21-20-11-10-15(19)23/h13-14,20H,5-12H2,1-4H3,(H2,19,23)(H,21,24). The molecule has 0 radical (unpaired) electrons. The molecule has 0 spiro atoms. The van der Waals surface area contributed by atoms with Crippen LogP contribution in [0.2, 0.25) is 0 Å². The molecule has 8 heteroatoms. The second kappa shape index (κ2) is 10.4. The number of nitrogens with zero attached hydrogens (tertiary/aromatic N) is 1. The van der Waals surface area contributed by atoms with Crippen molar-refractivity contribution in [2.75, 3.05) is 13.6 Å². The number of amides is 3. The Morgan fingerprint density at radius 2 is 1.81 bits per heavy atom. The van der Waals surface area contributed by atoms with Gasteiger partial charge in [0.25, 0.3) is 5.91 Å². The summed E-state index contributed by atoms with van der Waals surface area (Å²) in [5, 5.41) is 0. The van der Waals surface area contributed by atoms with Gasteiger partial charge in [0.15, 0.2) is 0 Å². The van der Waals surface area contributed by atoms with E-state index < -0.39 is 23.6 Å². The maximum atomic E-state index is 12.6. The summed E-state index contributed by atoms with van der Waals surface area (Å²) in [6.07, 6.45) is 5.88. The molecule has 1 atom stereocenters. The van der Waals surface area contributed by atoms with Crippen LogP contribution >= 0.6 is 0 Å². The predicted molar refractivity (Wildman–Crippen MR) is 98.9 cm³/mol. The predicted octanol–water partition coefficient (Wildman–Crippen LogP) is 1.69. The Labute approximate surface area is 156 Å². The zero-order valence-corrected chi connectivity index (χ0v) is 16.5. The third-order valence-electron chi connectivity index (χ3n) is 4.44. The van der Waals surface area contributed by atoms with Crippen molar-refractivity contribution in [3.05, 3.63) is 0 Å². The zero-order chi connectivity index (χ0) is 19.7. The summed E-state index contributed by atoms with van der Waals surface area (Å²) in [6.45, 7) is 5.62. The number of nitrogens with one attached hydrogen (secondary N) is 2. The maximum absolute atomic E-state index is 12.6. The van der Waals surface area contributed by atoms with E-state index in [-0.39, 0.29) is 18.9 Å². The quantitative estimate of drug-likeness (QED) is 0.444. The fraction of sp³-hybridized carbons (Fsp3) is 0.833. The van der Waals surface area contributed by atoms with E-state index in [0.29, 0.717) is 12.3 Å². The number of primary amides is 1. The lowest BCUT2D eigenvalue weighted by Gasteiger charge is -2.33. The van der Waals surface area contributed by atoms with Crippen LogP contribution in [0.5, 0.6) is 0 Å². The number of hydrazine groups is 1. The first kappa shape index (κ1) is 22.2. The number of hydrogen-bond donors (Lipinski definition) is 3. The summed E-state index contributed by atoms with van der Waals surface area (Å²) < 4.78 is 5.40. The van der Waals surface area contributed by atoms with Gasteiger partial charge < -0.3 is 10.5 Å². The van der Waals surface area contributed by atoms with Crippen LogP contribution in [0.4, 0.5) is 4.79 Å². The smallest absolute Gasteiger partial charge is 0.410 e. The van der Waals surface area contributed by atoms with Gasteiger partial charge >= 0.3 is 6.09 Å². The van der Waals surface area contributed by atoms with E-state index in [1.54, 1.807) is 27.8 Å². The maximum Gasteiger partial charge on any atom is 0.410 e. The van der Waals surface area contributed by atoms with Crippen LogP contribution in [0.3, 0.4) is 0 Å². The molecule has 26 heavy (non-hydrogen) atoms. The average molecular weight is 370 g/mol. The number of carbonyl (C=O) groups excluding carboxylic acids is 3. The van der Waals surface area contributed by atoms with Gasteiger partial charge in [-0.2, -0.15) is 0 Å². The molecule has 1 aliphatic rings. The molecule has 0 aromatic heterocycles. The van der Waals surface area contributed by atoms with Gasteiger partial charge in [0, 0.05) is 20.0 Å². The molecular formula is C18H34N4O4. The van der Waals surface area contributed by atoms with E-state index in [9.17, 15) is 14.4 Å². The lowest BCUT2D eigenvalue weighted by atomic mass is 9.84. The molecule has 1 aliphatic carbocycles. The number of nitrogens with two attached hydrogens (primary N) is 1. The molecular weight excluding hydrogens is 336 g/mol. The molecule has 3 amide bonds. The summed E-state index contributed by atoms with van der Waals surface area (Å²) in [5.74, 6) is -0.347. The van der Waals surface area contributed by atoms with E-state index in [4.69, 9.17) is 10.5 Å². The number of hydrogen-bond acceptors (Lipinski definition) is 5. The average Bonchev–Trinajstić information content (AvgIpc) is 2.55. The first-order chi connectivity index (χ1) is 12.1. The Kier molecular flexibility index (Phi) is 8.84. The Morgan fingerprint density at radius 1 is 1.19 bits per heavy atom. The number of rotatable bonds is 8. The SMILES string of the molecule is CN(C(=O)OC(C)(C)C)C(CC1CCCCC1)C(=O)NNCCC(N)=O. The van der Waals surface area contributed by atoms with E-state index in [2.05, 4.69) is 10.9 Å². The lowest BCUT2D eigenvalue weighted by molar-refractivity contribution is -0.128. The monoisotopic (exact) mass is 370 g/mol. The highest BCUT2D eigenvalue weighted by atomic mass is 16.6. The van der Waals surface area contributed by atoms with Crippen molar-refractivity contribution in [1.29, 1.82) is 0 Å². The molecule has 0 aliphatic heterocycles. The Balaban J connectivity index is 2.71. The van der Waals surface area contributed by atoms with Gasteiger partial charge in [-0.25, -0.2) is 10.2 Å². The van der Waals surface area contributed by atoms with Crippen LogP contribution < -0.4 is 16.6 Å². The molecule has 0 saturated heterocycles. The second-order valence-corrected chi connectivity index (χ2v) is 7.98. The highest BCUT2D eigenvalue weighted by molar-refractivity contribution is 5.85. The van der Waals surface area contributed by atoms with E-state index in [1.807, 2.05) is 0 Å². The molecule has 4 N–H and O–H groups in total. The third kappa shape index (κ3) is 8.51. The van der Waals surface area contributed by atoms with Crippen molar-refractivity contribution < 1.29 is 19.1 Å². The zero-order valence-electron chi connectivity index (χ0n) is 16.5. The molecule has 0 bridgehead atoms. The minimum absolute atomic E-state index is 0.121. The van der Waals surface area contributed by atoms with Gasteiger partial charge in [0.05, 0.1) is 0 Å². The van der Waals surface area contributed by atoms with Crippen LogP contribution in [0.25, 0.3) is 0 Å². The van der Waals surface area contributed by atoms with E-state index >= 15 is 0 Å². The Bertz CT molecular complexity index is 484. The van der Waals surface area contributed by atoms with Crippen molar-refractivity contribution in [2.45, 2.75) is 77.4 Å². The summed E-state index contributed by atoms with van der Waals surface area (Å²) in [4.78, 5) is 37.2. The molecule has 0 aromatic rings. The molecule has 1 unspecified atom stereocenters. The highest BCUT2D eigenvalue weighted by Crippen LogP contribution is 2.28. The van der Waals surface area contributed by atoms with Crippen LogP contribution in [-0.4, -0.2) is 48.0 Å². The molecule has 8 nitrogen and oxygen atoms in total. The molecule has 150 valence electrons. The minimum atomic E-state index is -0.631. The molecule has 1 fully saturated rings.